The molecule has 2 rings (SSSR count). The molecule has 0 bridgehead atoms. The van der Waals surface area contributed by atoms with Gasteiger partial charge in [0.25, 0.3) is 0 Å². The van der Waals surface area contributed by atoms with Gasteiger partial charge >= 0.3 is 0 Å². The van der Waals surface area contributed by atoms with Crippen molar-refractivity contribution >= 4 is 17.2 Å². The molecule has 1 unspecified atom stereocenters. The topological polar surface area (TPSA) is 61.6 Å². The molecular weight excluding hydrogens is 244 g/mol. The minimum absolute atomic E-state index is 0.103. The van der Waals surface area contributed by atoms with Crippen molar-refractivity contribution in [3.8, 4) is 6.07 Å². The Balaban J connectivity index is 2.29. The third-order valence-electron chi connectivity index (χ3n) is 2.74. The van der Waals surface area contributed by atoms with Crippen LogP contribution in [0.5, 0.6) is 0 Å². The molecule has 4 nitrogen and oxygen atoms in total. The van der Waals surface area contributed by atoms with E-state index < -0.39 is 0 Å². The molecule has 0 spiro atoms. The highest BCUT2D eigenvalue weighted by atomic mass is 32.1. The number of hydrogen-bond acceptors (Lipinski definition) is 5. The molecule has 0 aromatic carbocycles. The second-order valence-corrected chi connectivity index (χ2v) is 4.86. The van der Waals surface area contributed by atoms with E-state index >= 15 is 0 Å². The maximum Gasteiger partial charge on any atom is 0.144 e. The zero-order valence-corrected chi connectivity index (χ0v) is 11.2. The fourth-order valence-corrected chi connectivity index (χ4v) is 2.49. The van der Waals surface area contributed by atoms with Crippen LogP contribution in [0.25, 0.3) is 0 Å². The maximum absolute atomic E-state index is 9.17. The number of thiazole rings is 1. The lowest BCUT2D eigenvalue weighted by Gasteiger charge is -2.16. The van der Waals surface area contributed by atoms with E-state index in [4.69, 9.17) is 0 Å². The summed E-state index contributed by atoms with van der Waals surface area (Å²) in [6, 6.07) is 4.14. The van der Waals surface area contributed by atoms with Crippen molar-refractivity contribution in [1.29, 1.82) is 5.26 Å². The normalized spacial score (nSPS) is 11.8. The van der Waals surface area contributed by atoms with Crippen molar-refractivity contribution in [2.24, 2.45) is 0 Å². The number of nitriles is 1. The van der Waals surface area contributed by atoms with Gasteiger partial charge in [-0.25, -0.2) is 9.97 Å². The maximum atomic E-state index is 9.17. The zero-order chi connectivity index (χ0) is 13.0. The molecule has 0 aliphatic heterocycles. The minimum Gasteiger partial charge on any atom is -0.360 e. The van der Waals surface area contributed by atoms with Crippen LogP contribution in [0.1, 0.15) is 35.5 Å². The van der Waals surface area contributed by atoms with Gasteiger partial charge in [0, 0.05) is 17.8 Å². The number of rotatable bonds is 4. The van der Waals surface area contributed by atoms with Crippen LogP contribution in [0.3, 0.4) is 0 Å². The predicted molar refractivity (Wildman–Crippen MR) is 72.5 cm³/mol. The van der Waals surface area contributed by atoms with E-state index in [1.54, 1.807) is 23.7 Å². The first-order valence-electron chi connectivity index (χ1n) is 5.78. The summed E-state index contributed by atoms with van der Waals surface area (Å²) in [6.07, 6.45) is 4.40. The van der Waals surface area contributed by atoms with Gasteiger partial charge in [0.1, 0.15) is 16.9 Å². The van der Waals surface area contributed by atoms with E-state index in [2.05, 4.69) is 28.3 Å². The van der Waals surface area contributed by atoms with Gasteiger partial charge in [0.15, 0.2) is 0 Å². The molecule has 1 atom stereocenters. The highest BCUT2D eigenvalue weighted by molar-refractivity contribution is 7.09. The largest absolute Gasteiger partial charge is 0.360 e. The molecule has 2 aromatic heterocycles. The summed E-state index contributed by atoms with van der Waals surface area (Å²) in [5.41, 5.74) is 1.54. The first kappa shape index (κ1) is 12.5. The standard InChI is InChI=1S/C13H14N4S/c1-3-11(13-16-6-7-18-13)17-12-10(8-14)9(2)4-5-15-12/h4-7,11H,3H2,1-2H3,(H,15,17). The number of aromatic nitrogens is 2. The molecule has 0 saturated carbocycles. The number of pyridine rings is 1. The first-order chi connectivity index (χ1) is 8.76. The summed E-state index contributed by atoms with van der Waals surface area (Å²) in [6.45, 7) is 4.00. The monoisotopic (exact) mass is 258 g/mol. The van der Waals surface area contributed by atoms with Crippen LogP contribution >= 0.6 is 11.3 Å². The summed E-state index contributed by atoms with van der Waals surface area (Å²) in [4.78, 5) is 8.56. The van der Waals surface area contributed by atoms with E-state index in [1.165, 1.54) is 0 Å². The van der Waals surface area contributed by atoms with Crippen LogP contribution in [0, 0.1) is 18.3 Å². The Morgan fingerprint density at radius 3 is 2.89 bits per heavy atom. The second kappa shape index (κ2) is 5.61. The molecule has 92 valence electrons. The van der Waals surface area contributed by atoms with Crippen molar-refractivity contribution in [2.45, 2.75) is 26.3 Å². The summed E-state index contributed by atoms with van der Waals surface area (Å²) in [7, 11) is 0. The molecule has 0 radical (unpaired) electrons. The Morgan fingerprint density at radius 1 is 1.44 bits per heavy atom. The third-order valence-corrected chi connectivity index (χ3v) is 3.63. The minimum atomic E-state index is 0.103. The van der Waals surface area contributed by atoms with Crippen LogP contribution in [0.2, 0.25) is 0 Å². The Morgan fingerprint density at radius 2 is 2.28 bits per heavy atom. The lowest BCUT2D eigenvalue weighted by atomic mass is 10.1. The fraction of sp³-hybridized carbons (Fsp3) is 0.308. The number of aryl methyl sites for hydroxylation is 1. The molecule has 0 fully saturated rings. The quantitative estimate of drug-likeness (QED) is 0.914. The second-order valence-electron chi connectivity index (χ2n) is 3.94. The molecule has 2 heterocycles. The van der Waals surface area contributed by atoms with E-state index in [-0.39, 0.29) is 6.04 Å². The molecule has 0 amide bonds. The van der Waals surface area contributed by atoms with Crippen LogP contribution in [0.15, 0.2) is 23.8 Å². The summed E-state index contributed by atoms with van der Waals surface area (Å²) in [5, 5.41) is 15.4. The van der Waals surface area contributed by atoms with Gasteiger partial charge in [-0.3, -0.25) is 0 Å². The summed E-state index contributed by atoms with van der Waals surface area (Å²) in [5.74, 6) is 0.638. The van der Waals surface area contributed by atoms with E-state index in [0.717, 1.165) is 17.0 Å². The number of anilines is 1. The molecule has 0 saturated heterocycles. The Kier molecular flexibility index (Phi) is 3.90. The van der Waals surface area contributed by atoms with E-state index in [9.17, 15) is 5.26 Å². The predicted octanol–water partition coefficient (Wildman–Crippen LogP) is 3.28. The van der Waals surface area contributed by atoms with Crippen molar-refractivity contribution in [2.75, 3.05) is 5.32 Å². The van der Waals surface area contributed by atoms with Gasteiger partial charge in [0.05, 0.1) is 11.6 Å². The van der Waals surface area contributed by atoms with Gasteiger partial charge in [-0.1, -0.05) is 6.92 Å². The van der Waals surface area contributed by atoms with Crippen molar-refractivity contribution in [3.05, 3.63) is 40.0 Å². The zero-order valence-electron chi connectivity index (χ0n) is 10.3. The molecule has 1 N–H and O–H groups in total. The first-order valence-corrected chi connectivity index (χ1v) is 6.65. The summed E-state index contributed by atoms with van der Waals surface area (Å²) < 4.78 is 0. The van der Waals surface area contributed by atoms with Gasteiger partial charge < -0.3 is 5.32 Å². The molecule has 18 heavy (non-hydrogen) atoms. The average Bonchev–Trinajstić information content (AvgIpc) is 2.89. The van der Waals surface area contributed by atoms with Crippen LogP contribution < -0.4 is 5.32 Å². The molecule has 5 heteroatoms. The average molecular weight is 258 g/mol. The van der Waals surface area contributed by atoms with Crippen LogP contribution in [-0.2, 0) is 0 Å². The fourth-order valence-electron chi connectivity index (χ4n) is 1.72. The number of nitrogens with zero attached hydrogens (tertiary/aromatic N) is 3. The summed E-state index contributed by atoms with van der Waals surface area (Å²) >= 11 is 1.61. The van der Waals surface area contributed by atoms with Crippen LogP contribution in [0.4, 0.5) is 5.82 Å². The Labute approximate surface area is 110 Å². The van der Waals surface area contributed by atoms with Crippen LogP contribution in [-0.4, -0.2) is 9.97 Å². The Hall–Kier alpha value is -1.93. The van der Waals surface area contributed by atoms with E-state index in [1.807, 2.05) is 18.4 Å². The third kappa shape index (κ3) is 2.49. The van der Waals surface area contributed by atoms with Gasteiger partial charge in [-0.15, -0.1) is 11.3 Å². The van der Waals surface area contributed by atoms with E-state index in [0.29, 0.717) is 11.4 Å². The smallest absolute Gasteiger partial charge is 0.144 e. The van der Waals surface area contributed by atoms with Crippen molar-refractivity contribution in [1.82, 2.24) is 9.97 Å². The highest BCUT2D eigenvalue weighted by Gasteiger charge is 2.15. The van der Waals surface area contributed by atoms with Gasteiger partial charge in [-0.2, -0.15) is 5.26 Å². The van der Waals surface area contributed by atoms with Gasteiger partial charge in [-0.05, 0) is 25.0 Å². The molecule has 2 aromatic rings. The number of hydrogen-bond donors (Lipinski definition) is 1. The lowest BCUT2D eigenvalue weighted by Crippen LogP contribution is -2.12. The van der Waals surface area contributed by atoms with Gasteiger partial charge in [0.2, 0.25) is 0 Å². The Bertz CT molecular complexity index is 557. The molecule has 0 aliphatic rings. The van der Waals surface area contributed by atoms with Crippen molar-refractivity contribution in [3.63, 3.8) is 0 Å². The molecule has 0 aliphatic carbocycles. The lowest BCUT2D eigenvalue weighted by molar-refractivity contribution is 0.737. The molecular formula is C13H14N4S. The SMILES string of the molecule is CCC(Nc1nccc(C)c1C#N)c1nccs1. The highest BCUT2D eigenvalue weighted by Crippen LogP contribution is 2.25. The van der Waals surface area contributed by atoms with Crippen molar-refractivity contribution < 1.29 is 0 Å². The number of nitrogens with one attached hydrogen (secondary N) is 1.